The Labute approximate surface area is 83.0 Å². The van der Waals surface area contributed by atoms with Gasteiger partial charge in [-0.25, -0.2) is 4.98 Å². The maximum Gasteiger partial charge on any atom is 0.0940 e. The SMILES string of the molecule is Cc1cnc(CCN)s1.Cl.Cl. The smallest absolute Gasteiger partial charge is 0.0940 e. The zero-order valence-corrected chi connectivity index (χ0v) is 8.69. The lowest BCUT2D eigenvalue weighted by Gasteiger charge is -1.85. The van der Waals surface area contributed by atoms with E-state index in [1.165, 1.54) is 4.88 Å². The third-order valence-electron chi connectivity index (χ3n) is 1.03. The molecule has 1 heterocycles. The van der Waals surface area contributed by atoms with Gasteiger partial charge in [0.2, 0.25) is 0 Å². The van der Waals surface area contributed by atoms with Crippen molar-refractivity contribution in [3.05, 3.63) is 16.1 Å². The van der Waals surface area contributed by atoms with E-state index in [2.05, 4.69) is 11.9 Å². The van der Waals surface area contributed by atoms with Gasteiger partial charge >= 0.3 is 0 Å². The fourth-order valence-corrected chi connectivity index (χ4v) is 1.44. The van der Waals surface area contributed by atoms with Crippen LogP contribution in [0.25, 0.3) is 0 Å². The molecule has 0 aliphatic carbocycles. The number of hydrogen-bond acceptors (Lipinski definition) is 3. The zero-order chi connectivity index (χ0) is 6.69. The third-order valence-corrected chi connectivity index (χ3v) is 2.00. The summed E-state index contributed by atoms with van der Waals surface area (Å²) in [5.41, 5.74) is 5.34. The molecule has 0 aliphatic heterocycles. The summed E-state index contributed by atoms with van der Waals surface area (Å²) in [7, 11) is 0. The Balaban J connectivity index is 0. The second kappa shape index (κ2) is 6.85. The maximum absolute atomic E-state index is 5.34. The van der Waals surface area contributed by atoms with Gasteiger partial charge in [0.15, 0.2) is 0 Å². The fourth-order valence-electron chi connectivity index (χ4n) is 0.640. The van der Waals surface area contributed by atoms with Crippen LogP contribution in [0.2, 0.25) is 0 Å². The first-order chi connectivity index (χ1) is 4.33. The van der Waals surface area contributed by atoms with Crippen molar-refractivity contribution in [1.82, 2.24) is 4.98 Å². The highest BCUT2D eigenvalue weighted by Gasteiger charge is 1.94. The van der Waals surface area contributed by atoms with E-state index in [-0.39, 0.29) is 24.8 Å². The van der Waals surface area contributed by atoms with Gasteiger partial charge in [0, 0.05) is 17.5 Å². The van der Waals surface area contributed by atoms with Gasteiger partial charge < -0.3 is 5.73 Å². The van der Waals surface area contributed by atoms with Crippen molar-refractivity contribution in [1.29, 1.82) is 0 Å². The lowest BCUT2D eigenvalue weighted by atomic mass is 10.5. The molecule has 0 aromatic carbocycles. The Morgan fingerprint density at radius 3 is 2.55 bits per heavy atom. The molecule has 0 spiro atoms. The first-order valence-corrected chi connectivity index (χ1v) is 3.76. The van der Waals surface area contributed by atoms with Gasteiger partial charge in [-0.1, -0.05) is 0 Å². The van der Waals surface area contributed by atoms with Crippen LogP contribution >= 0.6 is 36.2 Å². The Morgan fingerprint density at radius 2 is 2.18 bits per heavy atom. The van der Waals surface area contributed by atoms with Crippen molar-refractivity contribution >= 4 is 36.2 Å². The summed E-state index contributed by atoms with van der Waals surface area (Å²) in [6.45, 7) is 2.75. The predicted octanol–water partition coefficient (Wildman–Crippen LogP) is 1.80. The van der Waals surface area contributed by atoms with Crippen LogP contribution in [0.4, 0.5) is 0 Å². The molecule has 0 saturated carbocycles. The van der Waals surface area contributed by atoms with Crippen molar-refractivity contribution in [2.24, 2.45) is 5.73 Å². The van der Waals surface area contributed by atoms with E-state index in [0.717, 1.165) is 11.4 Å². The van der Waals surface area contributed by atoms with Crippen LogP contribution in [0.15, 0.2) is 6.20 Å². The summed E-state index contributed by atoms with van der Waals surface area (Å²) in [4.78, 5) is 5.41. The normalized spacial score (nSPS) is 8.18. The van der Waals surface area contributed by atoms with Gasteiger partial charge in [-0.05, 0) is 13.5 Å². The summed E-state index contributed by atoms with van der Waals surface area (Å²) in [6, 6.07) is 0. The molecule has 0 aliphatic rings. The third kappa shape index (κ3) is 4.58. The number of hydrogen-bond donors (Lipinski definition) is 1. The minimum atomic E-state index is 0. The molecule has 11 heavy (non-hydrogen) atoms. The van der Waals surface area contributed by atoms with E-state index < -0.39 is 0 Å². The van der Waals surface area contributed by atoms with E-state index in [4.69, 9.17) is 5.73 Å². The van der Waals surface area contributed by atoms with Crippen LogP contribution in [0.1, 0.15) is 9.88 Å². The second-order valence-electron chi connectivity index (χ2n) is 1.90. The minimum absolute atomic E-state index is 0. The molecule has 1 rings (SSSR count). The van der Waals surface area contributed by atoms with Crippen LogP contribution in [0, 0.1) is 6.92 Å². The Bertz CT molecular complexity index is 190. The average Bonchev–Trinajstić information content (AvgIpc) is 2.17. The molecule has 1 aromatic heterocycles. The number of halogens is 2. The number of thiazole rings is 1. The van der Waals surface area contributed by atoms with Gasteiger partial charge in [0.1, 0.15) is 0 Å². The summed E-state index contributed by atoms with van der Waals surface area (Å²) in [6.07, 6.45) is 2.80. The second-order valence-corrected chi connectivity index (χ2v) is 3.22. The number of aryl methyl sites for hydroxylation is 1. The van der Waals surface area contributed by atoms with E-state index in [1.807, 2.05) is 6.20 Å². The quantitative estimate of drug-likeness (QED) is 0.816. The summed E-state index contributed by atoms with van der Waals surface area (Å²) >= 11 is 1.72. The Hall–Kier alpha value is 0.170. The van der Waals surface area contributed by atoms with Gasteiger partial charge in [-0.3, -0.25) is 0 Å². The molecule has 0 bridgehead atoms. The average molecular weight is 215 g/mol. The summed E-state index contributed by atoms with van der Waals surface area (Å²) < 4.78 is 0. The van der Waals surface area contributed by atoms with Gasteiger partial charge in [0.25, 0.3) is 0 Å². The zero-order valence-electron chi connectivity index (χ0n) is 6.24. The largest absolute Gasteiger partial charge is 0.330 e. The number of aromatic nitrogens is 1. The van der Waals surface area contributed by atoms with Crippen LogP contribution < -0.4 is 5.73 Å². The molecular formula is C6H12Cl2N2S. The standard InChI is InChI=1S/C6H10N2S.2ClH/c1-5-4-8-6(9-5)2-3-7;;/h4H,2-3,7H2,1H3;2*1H. The molecule has 0 fully saturated rings. The van der Waals surface area contributed by atoms with Crippen molar-refractivity contribution in [3.63, 3.8) is 0 Å². The first-order valence-electron chi connectivity index (χ1n) is 2.94. The van der Waals surface area contributed by atoms with Crippen LogP contribution in [0.3, 0.4) is 0 Å². The van der Waals surface area contributed by atoms with Crippen LogP contribution in [0.5, 0.6) is 0 Å². The Morgan fingerprint density at radius 1 is 1.55 bits per heavy atom. The first kappa shape index (κ1) is 13.7. The number of nitrogens with zero attached hydrogens (tertiary/aromatic N) is 1. The van der Waals surface area contributed by atoms with E-state index in [0.29, 0.717) is 6.54 Å². The topological polar surface area (TPSA) is 38.9 Å². The van der Waals surface area contributed by atoms with Crippen molar-refractivity contribution in [2.45, 2.75) is 13.3 Å². The molecule has 0 radical (unpaired) electrons. The lowest BCUT2D eigenvalue weighted by Crippen LogP contribution is -2.01. The molecule has 0 unspecified atom stereocenters. The lowest BCUT2D eigenvalue weighted by molar-refractivity contribution is 0.953. The number of rotatable bonds is 2. The van der Waals surface area contributed by atoms with E-state index in [1.54, 1.807) is 11.3 Å². The van der Waals surface area contributed by atoms with Crippen molar-refractivity contribution in [3.8, 4) is 0 Å². The van der Waals surface area contributed by atoms with Crippen molar-refractivity contribution < 1.29 is 0 Å². The van der Waals surface area contributed by atoms with Crippen LogP contribution in [-0.2, 0) is 6.42 Å². The summed E-state index contributed by atoms with van der Waals surface area (Å²) in [5, 5.41) is 1.15. The molecule has 0 atom stereocenters. The van der Waals surface area contributed by atoms with Crippen molar-refractivity contribution in [2.75, 3.05) is 6.54 Å². The molecule has 5 heteroatoms. The molecule has 2 N–H and O–H groups in total. The van der Waals surface area contributed by atoms with Crippen LogP contribution in [-0.4, -0.2) is 11.5 Å². The molecule has 66 valence electrons. The Kier molecular flexibility index (Phi) is 8.56. The highest BCUT2D eigenvalue weighted by atomic mass is 35.5. The van der Waals surface area contributed by atoms with E-state index in [9.17, 15) is 0 Å². The fraction of sp³-hybridized carbons (Fsp3) is 0.500. The minimum Gasteiger partial charge on any atom is -0.330 e. The predicted molar refractivity (Wildman–Crippen MR) is 54.1 cm³/mol. The molecular weight excluding hydrogens is 203 g/mol. The highest BCUT2D eigenvalue weighted by molar-refractivity contribution is 7.11. The maximum atomic E-state index is 5.34. The van der Waals surface area contributed by atoms with E-state index >= 15 is 0 Å². The summed E-state index contributed by atoms with van der Waals surface area (Å²) in [5.74, 6) is 0. The van der Waals surface area contributed by atoms with Gasteiger partial charge in [-0.2, -0.15) is 0 Å². The molecule has 2 nitrogen and oxygen atoms in total. The van der Waals surface area contributed by atoms with Gasteiger partial charge in [-0.15, -0.1) is 36.2 Å². The number of nitrogens with two attached hydrogens (primary N) is 1. The molecule has 0 amide bonds. The highest BCUT2D eigenvalue weighted by Crippen LogP contribution is 2.10. The molecule has 1 aromatic rings. The monoisotopic (exact) mass is 214 g/mol. The van der Waals surface area contributed by atoms with Gasteiger partial charge in [0.05, 0.1) is 5.01 Å². The molecule has 0 saturated heterocycles.